The fourth-order valence-corrected chi connectivity index (χ4v) is 3.07. The predicted molar refractivity (Wildman–Crippen MR) is 103 cm³/mol. The Labute approximate surface area is 154 Å². The van der Waals surface area contributed by atoms with E-state index >= 15 is 0 Å². The highest BCUT2D eigenvalue weighted by atomic mass is 35.5. The summed E-state index contributed by atoms with van der Waals surface area (Å²) in [5.74, 6) is 5.36. The van der Waals surface area contributed by atoms with Crippen LogP contribution in [-0.4, -0.2) is 11.7 Å². The van der Waals surface area contributed by atoms with Gasteiger partial charge >= 0.3 is 0 Å². The van der Waals surface area contributed by atoms with Gasteiger partial charge in [-0.05, 0) is 17.2 Å². The second-order valence-electron chi connectivity index (χ2n) is 7.24. The SMILES string of the molecule is CC(C)(C)C(=O)CC1C(=O)N(N)c2ccccc2-c2ccccc21.Cl. The van der Waals surface area contributed by atoms with E-state index in [0.29, 0.717) is 5.69 Å². The highest BCUT2D eigenvalue weighted by molar-refractivity contribution is 6.06. The van der Waals surface area contributed by atoms with Gasteiger partial charge < -0.3 is 0 Å². The molecule has 1 amide bonds. The summed E-state index contributed by atoms with van der Waals surface area (Å²) in [5.41, 5.74) is 2.91. The van der Waals surface area contributed by atoms with Crippen LogP contribution in [0.3, 0.4) is 0 Å². The van der Waals surface area contributed by atoms with Crippen molar-refractivity contribution in [2.45, 2.75) is 33.1 Å². The summed E-state index contributed by atoms with van der Waals surface area (Å²) in [6.45, 7) is 5.62. The van der Waals surface area contributed by atoms with Crippen molar-refractivity contribution in [2.24, 2.45) is 11.3 Å². The number of nitrogens with two attached hydrogens (primary N) is 1. The average Bonchev–Trinajstić information content (AvgIpc) is 2.64. The van der Waals surface area contributed by atoms with E-state index in [4.69, 9.17) is 5.84 Å². The summed E-state index contributed by atoms with van der Waals surface area (Å²) in [5, 5.41) is 1.19. The molecule has 1 heterocycles. The zero-order valence-electron chi connectivity index (χ0n) is 14.7. The minimum Gasteiger partial charge on any atom is -0.299 e. The van der Waals surface area contributed by atoms with Crippen LogP contribution < -0.4 is 10.9 Å². The molecule has 0 aliphatic carbocycles. The Bertz CT molecular complexity index is 811. The number of anilines is 1. The monoisotopic (exact) mass is 358 g/mol. The zero-order valence-corrected chi connectivity index (χ0v) is 15.5. The van der Waals surface area contributed by atoms with Crippen molar-refractivity contribution in [2.75, 3.05) is 5.01 Å². The van der Waals surface area contributed by atoms with Crippen LogP contribution in [-0.2, 0) is 9.59 Å². The third-order valence-corrected chi connectivity index (χ3v) is 4.55. The van der Waals surface area contributed by atoms with Gasteiger partial charge in [-0.15, -0.1) is 12.4 Å². The van der Waals surface area contributed by atoms with Gasteiger partial charge in [0.2, 0.25) is 5.91 Å². The summed E-state index contributed by atoms with van der Waals surface area (Å²) >= 11 is 0. The normalized spacial score (nSPS) is 16.4. The Morgan fingerprint density at radius 3 is 2.24 bits per heavy atom. The lowest BCUT2D eigenvalue weighted by Gasteiger charge is -2.24. The molecule has 3 rings (SSSR count). The van der Waals surface area contributed by atoms with Gasteiger partial charge in [-0.3, -0.25) is 9.59 Å². The molecule has 0 fully saturated rings. The number of ketones is 1. The fourth-order valence-electron chi connectivity index (χ4n) is 3.07. The number of carbonyl (C=O) groups is 2. The maximum atomic E-state index is 13.0. The molecular formula is C20H23ClN2O2. The van der Waals surface area contributed by atoms with Gasteiger partial charge in [0.1, 0.15) is 5.78 Å². The second kappa shape index (κ2) is 6.98. The lowest BCUT2D eigenvalue weighted by atomic mass is 9.81. The van der Waals surface area contributed by atoms with Crippen molar-refractivity contribution >= 4 is 29.8 Å². The number of hydrazine groups is 1. The molecule has 0 aromatic heterocycles. The van der Waals surface area contributed by atoms with Gasteiger partial charge in [-0.2, -0.15) is 0 Å². The molecule has 25 heavy (non-hydrogen) atoms. The largest absolute Gasteiger partial charge is 0.299 e. The van der Waals surface area contributed by atoms with Crippen molar-refractivity contribution < 1.29 is 9.59 Å². The summed E-state index contributed by atoms with van der Waals surface area (Å²) in [6.07, 6.45) is 0.154. The first-order valence-electron chi connectivity index (χ1n) is 8.11. The molecule has 2 aromatic carbocycles. The van der Waals surface area contributed by atoms with E-state index in [-0.39, 0.29) is 30.5 Å². The highest BCUT2D eigenvalue weighted by Crippen LogP contribution is 2.41. The first-order chi connectivity index (χ1) is 11.3. The number of Topliss-reactive ketones (excluding diaryl/α,β-unsaturated/α-hetero) is 1. The molecule has 0 radical (unpaired) electrons. The molecule has 0 saturated heterocycles. The lowest BCUT2D eigenvalue weighted by Crippen LogP contribution is -2.41. The number of rotatable bonds is 2. The molecule has 4 nitrogen and oxygen atoms in total. The van der Waals surface area contributed by atoms with E-state index in [1.165, 1.54) is 5.01 Å². The molecule has 132 valence electrons. The molecule has 0 bridgehead atoms. The molecule has 1 atom stereocenters. The quantitative estimate of drug-likeness (QED) is 0.649. The van der Waals surface area contributed by atoms with E-state index in [1.807, 2.05) is 69.3 Å². The minimum absolute atomic E-state index is 0. The number of fused-ring (bicyclic) bond motifs is 3. The van der Waals surface area contributed by atoms with E-state index in [0.717, 1.165) is 16.7 Å². The van der Waals surface area contributed by atoms with E-state index in [1.54, 1.807) is 0 Å². The first kappa shape index (κ1) is 19.2. The number of para-hydroxylation sites is 1. The average molecular weight is 359 g/mol. The van der Waals surface area contributed by atoms with Crippen LogP contribution in [0.25, 0.3) is 11.1 Å². The Morgan fingerprint density at radius 1 is 1.04 bits per heavy atom. The summed E-state index contributed by atoms with van der Waals surface area (Å²) in [4.78, 5) is 25.6. The molecule has 0 spiro atoms. The molecule has 5 heteroatoms. The van der Waals surface area contributed by atoms with Crippen LogP contribution >= 0.6 is 12.4 Å². The molecule has 2 N–H and O–H groups in total. The zero-order chi connectivity index (χ0) is 17.5. The highest BCUT2D eigenvalue weighted by Gasteiger charge is 2.36. The summed E-state index contributed by atoms with van der Waals surface area (Å²) < 4.78 is 0. The van der Waals surface area contributed by atoms with Crippen LogP contribution in [0.4, 0.5) is 5.69 Å². The Kier molecular flexibility index (Phi) is 5.35. The fraction of sp³-hybridized carbons (Fsp3) is 0.300. The number of carbonyl (C=O) groups excluding carboxylic acids is 2. The molecule has 2 aromatic rings. The maximum absolute atomic E-state index is 13.0. The standard InChI is InChI=1S/C20H22N2O2.ClH/c1-20(2,3)18(23)12-16-14-9-5-4-8-13(14)15-10-6-7-11-17(15)22(21)19(16)24;/h4-11,16H,12,21H2,1-3H3;1H. The molecule has 1 aliphatic rings. The molecular weight excluding hydrogens is 336 g/mol. The van der Waals surface area contributed by atoms with Crippen molar-refractivity contribution in [3.05, 3.63) is 54.1 Å². The van der Waals surface area contributed by atoms with Gasteiger partial charge in [0.05, 0.1) is 11.6 Å². The van der Waals surface area contributed by atoms with Gasteiger partial charge in [0.15, 0.2) is 0 Å². The van der Waals surface area contributed by atoms with E-state index in [9.17, 15) is 9.59 Å². The Hall–Kier alpha value is -2.17. The summed E-state index contributed by atoms with van der Waals surface area (Å²) in [6, 6.07) is 15.3. The topological polar surface area (TPSA) is 63.4 Å². The van der Waals surface area contributed by atoms with Crippen molar-refractivity contribution in [3.8, 4) is 11.1 Å². The van der Waals surface area contributed by atoms with Crippen LogP contribution in [0.15, 0.2) is 48.5 Å². The minimum atomic E-state index is -0.565. The predicted octanol–water partition coefficient (Wildman–Crippen LogP) is 4.08. The van der Waals surface area contributed by atoms with Gasteiger partial charge in [-0.1, -0.05) is 63.2 Å². The van der Waals surface area contributed by atoms with Crippen LogP contribution in [0, 0.1) is 5.41 Å². The Morgan fingerprint density at radius 2 is 1.60 bits per heavy atom. The van der Waals surface area contributed by atoms with Gasteiger partial charge in [0, 0.05) is 17.4 Å². The molecule has 0 saturated carbocycles. The number of benzene rings is 2. The molecule has 1 aliphatic heterocycles. The first-order valence-corrected chi connectivity index (χ1v) is 8.11. The second-order valence-corrected chi connectivity index (χ2v) is 7.24. The van der Waals surface area contributed by atoms with Crippen molar-refractivity contribution in [1.29, 1.82) is 0 Å². The Balaban J connectivity index is 0.00000225. The van der Waals surface area contributed by atoms with E-state index < -0.39 is 11.3 Å². The number of nitrogens with zero attached hydrogens (tertiary/aromatic N) is 1. The van der Waals surface area contributed by atoms with Crippen LogP contribution in [0.1, 0.15) is 38.7 Å². The smallest absolute Gasteiger partial charge is 0.249 e. The van der Waals surface area contributed by atoms with Crippen molar-refractivity contribution in [1.82, 2.24) is 0 Å². The third-order valence-electron chi connectivity index (χ3n) is 4.55. The van der Waals surface area contributed by atoms with Crippen molar-refractivity contribution in [3.63, 3.8) is 0 Å². The van der Waals surface area contributed by atoms with Gasteiger partial charge in [0.25, 0.3) is 0 Å². The maximum Gasteiger partial charge on any atom is 0.249 e. The van der Waals surface area contributed by atoms with Gasteiger partial charge in [-0.25, -0.2) is 10.9 Å². The number of amides is 1. The van der Waals surface area contributed by atoms with Crippen LogP contribution in [0.2, 0.25) is 0 Å². The lowest BCUT2D eigenvalue weighted by molar-refractivity contribution is -0.130. The van der Waals surface area contributed by atoms with Crippen LogP contribution in [0.5, 0.6) is 0 Å². The third kappa shape index (κ3) is 3.46. The van der Waals surface area contributed by atoms with E-state index in [2.05, 4.69) is 0 Å². The summed E-state index contributed by atoms with van der Waals surface area (Å²) in [7, 11) is 0. The number of hydrogen-bond donors (Lipinski definition) is 1. The molecule has 1 unspecified atom stereocenters. The number of hydrogen-bond acceptors (Lipinski definition) is 3. The number of halogens is 1.